The Morgan fingerprint density at radius 2 is 2.06 bits per heavy atom. The van der Waals surface area contributed by atoms with Gasteiger partial charge in [-0.25, -0.2) is 0 Å². The number of hydrogen-bond acceptors (Lipinski definition) is 3. The molecule has 1 aliphatic rings. The van der Waals surface area contributed by atoms with Gasteiger partial charge in [0.1, 0.15) is 5.78 Å². The minimum Gasteiger partial charge on any atom is -0.328 e. The number of ketones is 2. The maximum absolute atomic E-state index is 12.1. The number of Topliss-reactive ketones (excluding diaryl/α,β-unsaturated/α-hetero) is 2. The summed E-state index contributed by atoms with van der Waals surface area (Å²) in [6.07, 6.45) is 2.91. The number of carbonyl (C=O) groups is 2. The summed E-state index contributed by atoms with van der Waals surface area (Å²) in [6.45, 7) is 1.95. The SMILES string of the molecule is CC(N)Cc1ccc(C(=O)C2CCCC2=O)cc1. The van der Waals surface area contributed by atoms with Gasteiger partial charge < -0.3 is 5.73 Å². The van der Waals surface area contributed by atoms with Crippen molar-refractivity contribution in [3.63, 3.8) is 0 Å². The molecule has 96 valence electrons. The summed E-state index contributed by atoms with van der Waals surface area (Å²) in [7, 11) is 0. The first-order valence-electron chi connectivity index (χ1n) is 6.49. The van der Waals surface area contributed by atoms with Gasteiger partial charge in [0.05, 0.1) is 5.92 Å². The third kappa shape index (κ3) is 2.85. The highest BCUT2D eigenvalue weighted by molar-refractivity contribution is 6.11. The predicted molar refractivity (Wildman–Crippen MR) is 70.5 cm³/mol. The minimum absolute atomic E-state index is 0.0233. The minimum atomic E-state index is -0.399. The van der Waals surface area contributed by atoms with Crippen molar-refractivity contribution in [1.29, 1.82) is 0 Å². The molecule has 1 aliphatic carbocycles. The van der Waals surface area contributed by atoms with Crippen LogP contribution in [0, 0.1) is 5.92 Å². The average Bonchev–Trinajstić information content (AvgIpc) is 2.75. The van der Waals surface area contributed by atoms with E-state index in [-0.39, 0.29) is 17.6 Å². The Bertz CT molecular complexity index is 448. The molecule has 0 heterocycles. The van der Waals surface area contributed by atoms with Gasteiger partial charge in [0.15, 0.2) is 5.78 Å². The monoisotopic (exact) mass is 245 g/mol. The number of carbonyl (C=O) groups excluding carboxylic acids is 2. The van der Waals surface area contributed by atoms with E-state index in [0.717, 1.165) is 18.4 Å². The highest BCUT2D eigenvalue weighted by Gasteiger charge is 2.31. The fourth-order valence-electron chi connectivity index (χ4n) is 2.47. The van der Waals surface area contributed by atoms with Crippen molar-refractivity contribution in [1.82, 2.24) is 0 Å². The molecule has 3 heteroatoms. The summed E-state index contributed by atoms with van der Waals surface area (Å²) in [5.41, 5.74) is 7.50. The van der Waals surface area contributed by atoms with Crippen LogP contribution in [0.25, 0.3) is 0 Å². The van der Waals surface area contributed by atoms with E-state index in [1.54, 1.807) is 0 Å². The highest BCUT2D eigenvalue weighted by atomic mass is 16.2. The third-order valence-electron chi connectivity index (χ3n) is 3.42. The lowest BCUT2D eigenvalue weighted by molar-refractivity contribution is -0.119. The molecule has 1 aromatic rings. The highest BCUT2D eigenvalue weighted by Crippen LogP contribution is 2.25. The van der Waals surface area contributed by atoms with Crippen molar-refractivity contribution in [2.75, 3.05) is 0 Å². The Hall–Kier alpha value is -1.48. The molecule has 1 fully saturated rings. The Morgan fingerprint density at radius 1 is 1.39 bits per heavy atom. The third-order valence-corrected chi connectivity index (χ3v) is 3.42. The molecule has 0 amide bonds. The van der Waals surface area contributed by atoms with Crippen molar-refractivity contribution in [3.8, 4) is 0 Å². The molecule has 1 aromatic carbocycles. The van der Waals surface area contributed by atoms with Crippen LogP contribution in [0.5, 0.6) is 0 Å². The lowest BCUT2D eigenvalue weighted by atomic mass is 9.94. The average molecular weight is 245 g/mol. The zero-order chi connectivity index (χ0) is 13.1. The van der Waals surface area contributed by atoms with E-state index in [4.69, 9.17) is 5.73 Å². The summed E-state index contributed by atoms with van der Waals surface area (Å²) < 4.78 is 0. The van der Waals surface area contributed by atoms with Gasteiger partial charge in [-0.3, -0.25) is 9.59 Å². The summed E-state index contributed by atoms with van der Waals surface area (Å²) in [5, 5.41) is 0. The Morgan fingerprint density at radius 3 is 2.56 bits per heavy atom. The first-order chi connectivity index (χ1) is 8.58. The van der Waals surface area contributed by atoms with Crippen LogP contribution in [0.4, 0.5) is 0 Å². The largest absolute Gasteiger partial charge is 0.328 e. The summed E-state index contributed by atoms with van der Waals surface area (Å²) >= 11 is 0. The summed E-state index contributed by atoms with van der Waals surface area (Å²) in [5.74, 6) is -0.325. The lowest BCUT2D eigenvalue weighted by Gasteiger charge is -2.09. The smallest absolute Gasteiger partial charge is 0.173 e. The van der Waals surface area contributed by atoms with Gasteiger partial charge in [-0.15, -0.1) is 0 Å². The standard InChI is InChI=1S/C15H19NO2/c1-10(16)9-11-5-7-12(8-6-11)15(18)13-3-2-4-14(13)17/h5-8,10,13H,2-4,9,16H2,1H3. The van der Waals surface area contributed by atoms with E-state index < -0.39 is 5.92 Å². The molecule has 2 N–H and O–H groups in total. The molecule has 2 rings (SSSR count). The number of rotatable bonds is 4. The fraction of sp³-hybridized carbons (Fsp3) is 0.467. The fourth-order valence-corrected chi connectivity index (χ4v) is 2.47. The molecule has 18 heavy (non-hydrogen) atoms. The van der Waals surface area contributed by atoms with Gasteiger partial charge in [-0.2, -0.15) is 0 Å². The van der Waals surface area contributed by atoms with Crippen LogP contribution >= 0.6 is 0 Å². The molecular weight excluding hydrogens is 226 g/mol. The first kappa shape index (κ1) is 13.0. The zero-order valence-corrected chi connectivity index (χ0v) is 10.7. The van der Waals surface area contributed by atoms with Gasteiger partial charge in [-0.1, -0.05) is 24.3 Å². The molecule has 0 saturated heterocycles. The van der Waals surface area contributed by atoms with Gasteiger partial charge >= 0.3 is 0 Å². The summed E-state index contributed by atoms with van der Waals surface area (Å²) in [6, 6.07) is 7.59. The molecule has 0 bridgehead atoms. The second-order valence-electron chi connectivity index (χ2n) is 5.15. The van der Waals surface area contributed by atoms with Crippen LogP contribution in [0.3, 0.4) is 0 Å². The van der Waals surface area contributed by atoms with Crippen molar-refractivity contribution in [3.05, 3.63) is 35.4 Å². The molecule has 0 aliphatic heterocycles. The van der Waals surface area contributed by atoms with E-state index in [0.29, 0.717) is 18.4 Å². The molecule has 3 nitrogen and oxygen atoms in total. The van der Waals surface area contributed by atoms with E-state index in [9.17, 15) is 9.59 Å². The Labute approximate surface area is 107 Å². The van der Waals surface area contributed by atoms with Gasteiger partial charge in [0.2, 0.25) is 0 Å². The predicted octanol–water partition coefficient (Wildman–Crippen LogP) is 2.13. The van der Waals surface area contributed by atoms with E-state index >= 15 is 0 Å². The number of benzene rings is 1. The molecule has 2 atom stereocenters. The van der Waals surface area contributed by atoms with Crippen LogP contribution in [0.1, 0.15) is 42.1 Å². The van der Waals surface area contributed by atoms with E-state index in [1.807, 2.05) is 31.2 Å². The molecule has 0 radical (unpaired) electrons. The van der Waals surface area contributed by atoms with Crippen molar-refractivity contribution >= 4 is 11.6 Å². The van der Waals surface area contributed by atoms with Crippen molar-refractivity contribution < 1.29 is 9.59 Å². The Kier molecular flexibility index (Phi) is 3.92. The number of nitrogens with two attached hydrogens (primary N) is 1. The van der Waals surface area contributed by atoms with Crippen LogP contribution in [-0.2, 0) is 11.2 Å². The Balaban J connectivity index is 2.09. The number of hydrogen-bond donors (Lipinski definition) is 1. The van der Waals surface area contributed by atoms with E-state index in [2.05, 4.69) is 0 Å². The first-order valence-corrected chi connectivity index (χ1v) is 6.49. The van der Waals surface area contributed by atoms with E-state index in [1.165, 1.54) is 0 Å². The second-order valence-corrected chi connectivity index (χ2v) is 5.15. The van der Waals surface area contributed by atoms with Crippen LogP contribution in [-0.4, -0.2) is 17.6 Å². The van der Waals surface area contributed by atoms with Crippen molar-refractivity contribution in [2.24, 2.45) is 11.7 Å². The second kappa shape index (κ2) is 5.44. The van der Waals surface area contributed by atoms with Gasteiger partial charge in [0.25, 0.3) is 0 Å². The maximum atomic E-state index is 12.1. The molecule has 0 aromatic heterocycles. The maximum Gasteiger partial charge on any atom is 0.173 e. The zero-order valence-electron chi connectivity index (χ0n) is 10.7. The molecule has 2 unspecified atom stereocenters. The topological polar surface area (TPSA) is 60.2 Å². The van der Waals surface area contributed by atoms with Crippen LogP contribution < -0.4 is 5.73 Å². The summed E-state index contributed by atoms with van der Waals surface area (Å²) in [4.78, 5) is 23.7. The van der Waals surface area contributed by atoms with Crippen LogP contribution in [0.2, 0.25) is 0 Å². The van der Waals surface area contributed by atoms with Crippen LogP contribution in [0.15, 0.2) is 24.3 Å². The van der Waals surface area contributed by atoms with Gasteiger partial charge in [0, 0.05) is 18.0 Å². The van der Waals surface area contributed by atoms with Crippen molar-refractivity contribution in [2.45, 2.75) is 38.6 Å². The molecular formula is C15H19NO2. The molecule has 1 saturated carbocycles. The molecule has 0 spiro atoms. The normalized spacial score (nSPS) is 21.0. The quantitative estimate of drug-likeness (QED) is 0.653. The van der Waals surface area contributed by atoms with Gasteiger partial charge in [-0.05, 0) is 31.7 Å². The lowest BCUT2D eigenvalue weighted by Crippen LogP contribution is -2.19.